The van der Waals surface area contributed by atoms with E-state index in [0.717, 1.165) is 40.0 Å². The topological polar surface area (TPSA) is 83.0 Å². The van der Waals surface area contributed by atoms with Gasteiger partial charge in [-0.3, -0.25) is 9.78 Å². The highest BCUT2D eigenvalue weighted by Crippen LogP contribution is 2.35. The molecule has 5 aromatic rings. The number of likely N-dealkylation sites (tertiary alicyclic amines) is 1. The van der Waals surface area contributed by atoms with E-state index >= 15 is 0 Å². The molecule has 1 N–H and O–H groups in total. The lowest BCUT2D eigenvalue weighted by Crippen LogP contribution is -2.43. The number of aromatic nitrogens is 1. The molecule has 0 saturated carbocycles. The summed E-state index contributed by atoms with van der Waals surface area (Å²) in [5.74, 6) is 0.540. The van der Waals surface area contributed by atoms with Crippen molar-refractivity contribution >= 4 is 34.5 Å². The van der Waals surface area contributed by atoms with Gasteiger partial charge in [-0.05, 0) is 84.0 Å². The molecule has 0 bridgehead atoms. The number of hydrogen-bond acceptors (Lipinski definition) is 4. The molecule has 1 atom stereocenters. The third kappa shape index (κ3) is 6.64. The fourth-order valence-electron chi connectivity index (χ4n) is 6.09. The Morgan fingerprint density at radius 1 is 0.978 bits per heavy atom. The number of carbonyl (C=O) groups is 2. The van der Waals surface area contributed by atoms with E-state index in [0.29, 0.717) is 53.2 Å². The first-order chi connectivity index (χ1) is 21.8. The van der Waals surface area contributed by atoms with Crippen LogP contribution in [0, 0.1) is 6.92 Å². The summed E-state index contributed by atoms with van der Waals surface area (Å²) in [5.41, 5.74) is 6.56. The van der Waals surface area contributed by atoms with Gasteiger partial charge in [-0.15, -0.1) is 0 Å². The number of likely N-dealkylation sites (N-methyl/N-ethyl adjacent to an activating group) is 1. The van der Waals surface area contributed by atoms with E-state index in [-0.39, 0.29) is 11.9 Å². The molecule has 1 aliphatic rings. The van der Waals surface area contributed by atoms with E-state index in [4.69, 9.17) is 21.3 Å². The van der Waals surface area contributed by atoms with Gasteiger partial charge in [-0.2, -0.15) is 0 Å². The molecule has 0 unspecified atom stereocenters. The second-order valence-electron chi connectivity index (χ2n) is 11.6. The number of aryl methyl sites for hydroxylation is 1. The number of carbonyl (C=O) groups excluding carboxylic acids is 1. The van der Waals surface area contributed by atoms with Crippen LogP contribution in [0.5, 0.6) is 5.75 Å². The normalized spacial score (nSPS) is 14.5. The van der Waals surface area contributed by atoms with Crippen LogP contribution in [-0.2, 0) is 6.61 Å². The first-order valence-corrected chi connectivity index (χ1v) is 15.4. The largest absolute Gasteiger partial charge is 0.489 e. The molecule has 1 aromatic heterocycles. The van der Waals surface area contributed by atoms with Crippen molar-refractivity contribution < 1.29 is 19.4 Å². The molecular formula is C37H34ClN3O4. The van der Waals surface area contributed by atoms with Crippen molar-refractivity contribution in [1.82, 2.24) is 14.8 Å². The molecule has 45 heavy (non-hydrogen) atoms. The van der Waals surface area contributed by atoms with Crippen molar-refractivity contribution in [1.29, 1.82) is 0 Å². The number of pyridine rings is 1. The molecule has 2 heterocycles. The van der Waals surface area contributed by atoms with Gasteiger partial charge in [0.15, 0.2) is 0 Å². The van der Waals surface area contributed by atoms with Crippen LogP contribution in [0.15, 0.2) is 97.2 Å². The smallest absolute Gasteiger partial charge is 0.407 e. The van der Waals surface area contributed by atoms with Gasteiger partial charge in [0, 0.05) is 42.3 Å². The summed E-state index contributed by atoms with van der Waals surface area (Å²) < 4.78 is 6.09. The molecule has 1 fully saturated rings. The summed E-state index contributed by atoms with van der Waals surface area (Å²) in [6.45, 7) is 3.19. The summed E-state index contributed by atoms with van der Waals surface area (Å²) >= 11 is 6.47. The zero-order valence-corrected chi connectivity index (χ0v) is 26.0. The minimum absolute atomic E-state index is 0.204. The Morgan fingerprint density at radius 2 is 1.78 bits per heavy atom. The molecule has 0 spiro atoms. The standard InChI is InChI=1S/C37H34ClN3O4/c1-24-16-28(18-29(38)17-24)33-21-39-34-14-13-27(26-10-6-12-31(19-26)45-23-25-8-4-3-5-9-25)20-32(34)35(33)36(42)40(2)22-30-11-7-15-41(30)37(43)44/h3-6,8-10,12-14,16-21,30H,7,11,15,22-23H2,1-2H3,(H,43,44)/t30-/m1/s1. The van der Waals surface area contributed by atoms with Gasteiger partial charge in [0.2, 0.25) is 0 Å². The maximum absolute atomic E-state index is 14.4. The predicted octanol–water partition coefficient (Wildman–Crippen LogP) is 8.32. The maximum Gasteiger partial charge on any atom is 0.407 e. The van der Waals surface area contributed by atoms with Gasteiger partial charge in [-0.1, -0.05) is 66.2 Å². The molecule has 7 nitrogen and oxygen atoms in total. The quantitative estimate of drug-likeness (QED) is 0.189. The first-order valence-electron chi connectivity index (χ1n) is 15.0. The van der Waals surface area contributed by atoms with Crippen molar-refractivity contribution in [3.8, 4) is 28.0 Å². The minimum Gasteiger partial charge on any atom is -0.489 e. The van der Waals surface area contributed by atoms with Crippen molar-refractivity contribution in [2.75, 3.05) is 20.1 Å². The maximum atomic E-state index is 14.4. The minimum atomic E-state index is -0.956. The van der Waals surface area contributed by atoms with E-state index in [1.807, 2.05) is 97.9 Å². The van der Waals surface area contributed by atoms with Crippen molar-refractivity contribution in [2.24, 2.45) is 0 Å². The number of fused-ring (bicyclic) bond motifs is 1. The molecule has 0 aliphatic carbocycles. The number of carboxylic acid groups (broad SMARTS) is 1. The third-order valence-corrected chi connectivity index (χ3v) is 8.52. The van der Waals surface area contributed by atoms with Gasteiger partial charge in [0.1, 0.15) is 12.4 Å². The number of halogens is 1. The van der Waals surface area contributed by atoms with Gasteiger partial charge in [0.25, 0.3) is 5.91 Å². The van der Waals surface area contributed by atoms with Gasteiger partial charge in [-0.25, -0.2) is 4.79 Å². The van der Waals surface area contributed by atoms with Gasteiger partial charge < -0.3 is 19.6 Å². The van der Waals surface area contributed by atoms with Crippen molar-refractivity contribution in [2.45, 2.75) is 32.4 Å². The average Bonchev–Trinajstić information content (AvgIpc) is 3.51. The lowest BCUT2D eigenvalue weighted by molar-refractivity contribution is 0.0746. The first kappa shape index (κ1) is 30.2. The monoisotopic (exact) mass is 619 g/mol. The van der Waals surface area contributed by atoms with Crippen LogP contribution in [0.2, 0.25) is 5.02 Å². The third-order valence-electron chi connectivity index (χ3n) is 8.30. The number of nitrogens with zero attached hydrogens (tertiary/aromatic N) is 3. The molecule has 4 aromatic carbocycles. The molecular weight excluding hydrogens is 586 g/mol. The van der Waals surface area contributed by atoms with Crippen LogP contribution in [0.1, 0.15) is 34.3 Å². The molecule has 0 radical (unpaired) electrons. The summed E-state index contributed by atoms with van der Waals surface area (Å²) in [6, 6.07) is 29.3. The van der Waals surface area contributed by atoms with Crippen LogP contribution in [0.25, 0.3) is 33.2 Å². The average molecular weight is 620 g/mol. The number of benzene rings is 4. The highest BCUT2D eigenvalue weighted by molar-refractivity contribution is 6.31. The fourth-order valence-corrected chi connectivity index (χ4v) is 6.38. The van der Waals surface area contributed by atoms with Gasteiger partial charge in [0.05, 0.1) is 17.1 Å². The van der Waals surface area contributed by atoms with Crippen LogP contribution in [0.3, 0.4) is 0 Å². The Balaban J connectivity index is 1.41. The van der Waals surface area contributed by atoms with Gasteiger partial charge >= 0.3 is 6.09 Å². The van der Waals surface area contributed by atoms with E-state index in [1.165, 1.54) is 4.90 Å². The van der Waals surface area contributed by atoms with E-state index in [1.54, 1.807) is 18.1 Å². The van der Waals surface area contributed by atoms with Crippen molar-refractivity contribution in [3.63, 3.8) is 0 Å². The Kier molecular flexibility index (Phi) is 8.71. The molecule has 1 saturated heterocycles. The number of rotatable bonds is 8. The van der Waals surface area contributed by atoms with E-state index < -0.39 is 6.09 Å². The van der Waals surface area contributed by atoms with Crippen LogP contribution >= 0.6 is 11.6 Å². The SMILES string of the molecule is Cc1cc(Cl)cc(-c2cnc3ccc(-c4cccc(OCc5ccccc5)c4)cc3c2C(=O)N(C)C[C@H]2CCCN2C(=O)O)c1. The summed E-state index contributed by atoms with van der Waals surface area (Å²) in [7, 11) is 1.73. The molecule has 6 rings (SSSR count). The lowest BCUT2D eigenvalue weighted by Gasteiger charge is -2.28. The summed E-state index contributed by atoms with van der Waals surface area (Å²) in [6.07, 6.45) is 2.27. The Bertz CT molecular complexity index is 1860. The lowest BCUT2D eigenvalue weighted by atomic mass is 9.93. The highest BCUT2D eigenvalue weighted by Gasteiger charge is 2.31. The van der Waals surface area contributed by atoms with Crippen molar-refractivity contribution in [3.05, 3.63) is 119 Å². The Morgan fingerprint density at radius 3 is 2.56 bits per heavy atom. The second-order valence-corrected chi connectivity index (χ2v) is 12.0. The fraction of sp³-hybridized carbons (Fsp3) is 0.216. The Hall–Kier alpha value is -4.88. The van der Waals surface area contributed by atoms with E-state index in [9.17, 15) is 14.7 Å². The number of hydrogen-bond donors (Lipinski definition) is 1. The zero-order chi connectivity index (χ0) is 31.5. The second kappa shape index (κ2) is 13.0. The molecule has 8 heteroatoms. The molecule has 1 aliphatic heterocycles. The highest BCUT2D eigenvalue weighted by atomic mass is 35.5. The Labute approximate surface area is 267 Å². The van der Waals surface area contributed by atoms with Crippen LogP contribution in [0.4, 0.5) is 4.79 Å². The summed E-state index contributed by atoms with van der Waals surface area (Å²) in [5, 5.41) is 11.0. The molecule has 228 valence electrons. The molecule has 2 amide bonds. The summed E-state index contributed by atoms with van der Waals surface area (Å²) in [4.78, 5) is 34.0. The number of ether oxygens (including phenoxy) is 1. The van der Waals surface area contributed by atoms with Crippen LogP contribution < -0.4 is 4.74 Å². The zero-order valence-electron chi connectivity index (χ0n) is 25.2. The number of amides is 2. The predicted molar refractivity (Wildman–Crippen MR) is 178 cm³/mol. The van der Waals surface area contributed by atoms with Crippen LogP contribution in [-0.4, -0.2) is 58.1 Å². The van der Waals surface area contributed by atoms with E-state index in [2.05, 4.69) is 0 Å².